The molecule has 134 valence electrons. The van der Waals surface area contributed by atoms with Crippen LogP contribution in [0.1, 0.15) is 63.1 Å². The molecule has 0 bridgehead atoms. The first-order chi connectivity index (χ1) is 11.0. The van der Waals surface area contributed by atoms with Crippen LogP contribution in [0, 0.1) is 0 Å². The molecule has 0 aliphatic carbocycles. The molecule has 0 saturated carbocycles. The SMILES string of the molecule is COC(=O)c1csc(C2[C@@H](C)OC(C)(C)N2C(=O)OC(C)(C)C)n1. The average molecular weight is 356 g/mol. The number of esters is 1. The minimum atomic E-state index is -0.844. The van der Waals surface area contributed by atoms with E-state index >= 15 is 0 Å². The lowest BCUT2D eigenvalue weighted by Gasteiger charge is -2.34. The van der Waals surface area contributed by atoms with E-state index in [2.05, 4.69) is 9.72 Å². The number of carbonyl (C=O) groups is 2. The van der Waals surface area contributed by atoms with Gasteiger partial charge in [0.15, 0.2) is 5.69 Å². The summed E-state index contributed by atoms with van der Waals surface area (Å²) >= 11 is 1.29. The maximum absolute atomic E-state index is 12.7. The molecule has 2 rings (SSSR count). The zero-order chi connectivity index (χ0) is 18.3. The van der Waals surface area contributed by atoms with E-state index in [1.807, 2.05) is 41.5 Å². The summed E-state index contributed by atoms with van der Waals surface area (Å²) in [4.78, 5) is 30.2. The van der Waals surface area contributed by atoms with Gasteiger partial charge in [-0.3, -0.25) is 4.90 Å². The quantitative estimate of drug-likeness (QED) is 0.756. The Morgan fingerprint density at radius 1 is 1.38 bits per heavy atom. The third-order valence-corrected chi connectivity index (χ3v) is 4.45. The first kappa shape index (κ1) is 18.7. The van der Waals surface area contributed by atoms with Gasteiger partial charge in [0.1, 0.15) is 22.4 Å². The molecule has 1 fully saturated rings. The Balaban J connectivity index is 2.36. The zero-order valence-corrected chi connectivity index (χ0v) is 15.9. The molecule has 1 saturated heterocycles. The maximum Gasteiger partial charge on any atom is 0.413 e. The van der Waals surface area contributed by atoms with E-state index in [1.165, 1.54) is 18.4 Å². The van der Waals surface area contributed by atoms with Crippen molar-refractivity contribution in [1.82, 2.24) is 9.88 Å². The van der Waals surface area contributed by atoms with Gasteiger partial charge in [0.05, 0.1) is 13.2 Å². The lowest BCUT2D eigenvalue weighted by molar-refractivity contribution is -0.0757. The second-order valence-electron chi connectivity index (χ2n) is 7.13. The number of hydrogen-bond acceptors (Lipinski definition) is 7. The van der Waals surface area contributed by atoms with E-state index in [4.69, 9.17) is 9.47 Å². The lowest BCUT2D eigenvalue weighted by atomic mass is 10.1. The van der Waals surface area contributed by atoms with Crippen molar-refractivity contribution < 1.29 is 23.8 Å². The average Bonchev–Trinajstić information content (AvgIpc) is 2.97. The number of hydrogen-bond donors (Lipinski definition) is 0. The Kier molecular flexibility index (Phi) is 4.92. The first-order valence-corrected chi connectivity index (χ1v) is 8.58. The smallest absolute Gasteiger partial charge is 0.413 e. The first-order valence-electron chi connectivity index (χ1n) is 7.70. The van der Waals surface area contributed by atoms with Gasteiger partial charge in [-0.25, -0.2) is 14.6 Å². The summed E-state index contributed by atoms with van der Waals surface area (Å²) in [5.74, 6) is -0.507. The van der Waals surface area contributed by atoms with Crippen molar-refractivity contribution in [2.45, 2.75) is 65.0 Å². The van der Waals surface area contributed by atoms with Crippen LogP contribution in [0.5, 0.6) is 0 Å². The number of thiazole rings is 1. The zero-order valence-electron chi connectivity index (χ0n) is 15.1. The monoisotopic (exact) mass is 356 g/mol. The molecule has 1 unspecified atom stereocenters. The van der Waals surface area contributed by atoms with Gasteiger partial charge in [-0.1, -0.05) is 0 Å². The van der Waals surface area contributed by atoms with E-state index in [-0.39, 0.29) is 11.8 Å². The minimum Gasteiger partial charge on any atom is -0.464 e. The highest BCUT2D eigenvalue weighted by molar-refractivity contribution is 7.09. The summed E-state index contributed by atoms with van der Waals surface area (Å²) in [6.45, 7) is 10.9. The molecule has 0 spiro atoms. The molecular weight excluding hydrogens is 332 g/mol. The van der Waals surface area contributed by atoms with E-state index in [1.54, 1.807) is 10.3 Å². The van der Waals surface area contributed by atoms with Gasteiger partial charge >= 0.3 is 12.1 Å². The number of amides is 1. The van der Waals surface area contributed by atoms with Crippen molar-refractivity contribution in [3.8, 4) is 0 Å². The van der Waals surface area contributed by atoms with E-state index < -0.39 is 29.4 Å². The largest absolute Gasteiger partial charge is 0.464 e. The van der Waals surface area contributed by atoms with Crippen LogP contribution in [-0.4, -0.2) is 46.5 Å². The molecule has 1 aromatic heterocycles. The summed E-state index contributed by atoms with van der Waals surface area (Å²) in [5, 5.41) is 2.23. The Morgan fingerprint density at radius 2 is 2.00 bits per heavy atom. The van der Waals surface area contributed by atoms with Gasteiger partial charge < -0.3 is 14.2 Å². The van der Waals surface area contributed by atoms with Crippen molar-refractivity contribution >= 4 is 23.4 Å². The standard InChI is InChI=1S/C16H24N2O5S/c1-9-11(12-17-10(8-24-12)13(19)21-7)18(16(5,6)22-9)14(20)23-15(2,3)4/h8-9,11H,1-7H3/t9-,11?/m1/s1. The van der Waals surface area contributed by atoms with Crippen molar-refractivity contribution in [3.63, 3.8) is 0 Å². The molecule has 1 aliphatic rings. The fourth-order valence-electron chi connectivity index (χ4n) is 2.70. The highest BCUT2D eigenvalue weighted by Gasteiger charge is 2.51. The number of ether oxygens (including phenoxy) is 3. The van der Waals surface area contributed by atoms with Crippen LogP contribution in [-0.2, 0) is 14.2 Å². The summed E-state index contributed by atoms with van der Waals surface area (Å²) in [6, 6.07) is -0.432. The van der Waals surface area contributed by atoms with Crippen LogP contribution in [0.4, 0.5) is 4.79 Å². The molecule has 7 nitrogen and oxygen atoms in total. The van der Waals surface area contributed by atoms with Crippen LogP contribution in [0.3, 0.4) is 0 Å². The molecule has 0 radical (unpaired) electrons. The van der Waals surface area contributed by atoms with Gasteiger partial charge in [0.2, 0.25) is 0 Å². The second kappa shape index (κ2) is 6.33. The Hall–Kier alpha value is -1.67. The highest BCUT2D eigenvalue weighted by Crippen LogP contribution is 2.43. The van der Waals surface area contributed by atoms with E-state index in [9.17, 15) is 9.59 Å². The number of carbonyl (C=O) groups excluding carboxylic acids is 2. The van der Waals surface area contributed by atoms with Crippen molar-refractivity contribution in [1.29, 1.82) is 0 Å². The third-order valence-electron chi connectivity index (χ3n) is 3.54. The fraction of sp³-hybridized carbons (Fsp3) is 0.688. The summed E-state index contributed by atoms with van der Waals surface area (Å²) < 4.78 is 16.1. The van der Waals surface area contributed by atoms with Crippen LogP contribution in [0.25, 0.3) is 0 Å². The Labute approximate surface area is 145 Å². The molecule has 24 heavy (non-hydrogen) atoms. The minimum absolute atomic E-state index is 0.221. The number of rotatable bonds is 2. The molecule has 0 N–H and O–H groups in total. The maximum atomic E-state index is 12.7. The number of methoxy groups -OCH3 is 1. The molecule has 1 aromatic rings. The predicted molar refractivity (Wildman–Crippen MR) is 88.9 cm³/mol. The number of nitrogens with zero attached hydrogens (tertiary/aromatic N) is 2. The van der Waals surface area contributed by atoms with Gasteiger partial charge in [-0.15, -0.1) is 11.3 Å². The lowest BCUT2D eigenvalue weighted by Crippen LogP contribution is -2.47. The number of aromatic nitrogens is 1. The highest BCUT2D eigenvalue weighted by atomic mass is 32.1. The Bertz CT molecular complexity index is 635. The normalized spacial score (nSPS) is 23.2. The van der Waals surface area contributed by atoms with Crippen LogP contribution < -0.4 is 0 Å². The van der Waals surface area contributed by atoms with Gasteiger partial charge in [0.25, 0.3) is 0 Å². The van der Waals surface area contributed by atoms with E-state index in [0.29, 0.717) is 5.01 Å². The van der Waals surface area contributed by atoms with Gasteiger partial charge in [-0.2, -0.15) is 0 Å². The van der Waals surface area contributed by atoms with Crippen LogP contribution in [0.2, 0.25) is 0 Å². The predicted octanol–water partition coefficient (Wildman–Crippen LogP) is 3.36. The van der Waals surface area contributed by atoms with E-state index in [0.717, 1.165) is 0 Å². The van der Waals surface area contributed by atoms with Crippen LogP contribution >= 0.6 is 11.3 Å². The molecule has 2 atom stereocenters. The van der Waals surface area contributed by atoms with Crippen molar-refractivity contribution in [2.75, 3.05) is 7.11 Å². The molecule has 8 heteroatoms. The third kappa shape index (κ3) is 3.70. The molecule has 0 aromatic carbocycles. The molecule has 1 aliphatic heterocycles. The molecule has 1 amide bonds. The van der Waals surface area contributed by atoms with Crippen LogP contribution in [0.15, 0.2) is 5.38 Å². The second-order valence-corrected chi connectivity index (χ2v) is 8.02. The van der Waals surface area contributed by atoms with Crippen molar-refractivity contribution in [2.24, 2.45) is 0 Å². The van der Waals surface area contributed by atoms with Gasteiger partial charge in [0, 0.05) is 5.38 Å². The molecule has 2 heterocycles. The fourth-order valence-corrected chi connectivity index (χ4v) is 3.67. The Morgan fingerprint density at radius 3 is 2.54 bits per heavy atom. The summed E-state index contributed by atoms with van der Waals surface area (Å²) in [6.07, 6.45) is -0.763. The molecular formula is C16H24N2O5S. The van der Waals surface area contributed by atoms with Crippen molar-refractivity contribution in [3.05, 3.63) is 16.1 Å². The summed E-state index contributed by atoms with van der Waals surface area (Å²) in [7, 11) is 1.30. The summed E-state index contributed by atoms with van der Waals surface area (Å²) in [5.41, 5.74) is -1.24. The van der Waals surface area contributed by atoms with Gasteiger partial charge in [-0.05, 0) is 41.5 Å². The topological polar surface area (TPSA) is 78.0 Å².